The number of nitrogens with one attached hydrogen (secondary N) is 2. The summed E-state index contributed by atoms with van der Waals surface area (Å²) in [5, 5.41) is 9.25. The number of carbonyl (C=O) groups excluding carboxylic acids is 3. The zero-order valence-electron chi connectivity index (χ0n) is 15.8. The van der Waals surface area contributed by atoms with Crippen LogP contribution in [0.2, 0.25) is 0 Å². The van der Waals surface area contributed by atoms with Gasteiger partial charge in [-0.05, 0) is 64.9 Å². The quantitative estimate of drug-likeness (QED) is 0.369. The smallest absolute Gasteiger partial charge is 0.272 e. The molecule has 4 N–H and O–H groups in total. The molecule has 0 aliphatic rings. The van der Waals surface area contributed by atoms with E-state index in [2.05, 4.69) is 10.6 Å². The summed E-state index contributed by atoms with van der Waals surface area (Å²) in [7, 11) is 0. The number of rotatable bonds is 8. The Morgan fingerprint density at radius 2 is 1.73 bits per heavy atom. The second-order valence-corrected chi connectivity index (χ2v) is 8.00. The summed E-state index contributed by atoms with van der Waals surface area (Å²) in [5.74, 6) is -1.02. The van der Waals surface area contributed by atoms with E-state index in [0.29, 0.717) is 11.3 Å². The number of thioether (sulfide) groups is 1. The summed E-state index contributed by atoms with van der Waals surface area (Å²) in [5.41, 5.74) is 7.12. The van der Waals surface area contributed by atoms with Gasteiger partial charge >= 0.3 is 0 Å². The van der Waals surface area contributed by atoms with Gasteiger partial charge in [-0.25, -0.2) is 0 Å². The lowest BCUT2D eigenvalue weighted by Crippen LogP contribution is -2.30. The highest BCUT2D eigenvalue weighted by molar-refractivity contribution is 8.00. The Hall–Kier alpha value is -3.36. The third-order valence-electron chi connectivity index (χ3n) is 3.88. The van der Waals surface area contributed by atoms with Crippen molar-refractivity contribution >= 4 is 52.6 Å². The molecule has 0 aliphatic heterocycles. The summed E-state index contributed by atoms with van der Waals surface area (Å²) in [6, 6.07) is 17.6. The third-order valence-corrected chi connectivity index (χ3v) is 5.61. The van der Waals surface area contributed by atoms with Crippen LogP contribution in [0.15, 0.2) is 82.0 Å². The van der Waals surface area contributed by atoms with Gasteiger partial charge in [0.15, 0.2) is 0 Å². The molecule has 0 radical (unpaired) electrons. The Morgan fingerprint density at radius 3 is 2.37 bits per heavy atom. The third kappa shape index (κ3) is 6.33. The molecule has 0 aliphatic carbocycles. The average molecular weight is 438 g/mol. The largest absolute Gasteiger partial charge is 0.369 e. The number of carbonyl (C=O) groups is 3. The predicted octanol–water partition coefficient (Wildman–Crippen LogP) is 3.74. The normalized spacial score (nSPS) is 11.0. The van der Waals surface area contributed by atoms with E-state index in [1.807, 2.05) is 22.9 Å². The zero-order chi connectivity index (χ0) is 21.3. The molecule has 3 aromatic rings. The number of benzene rings is 2. The van der Waals surface area contributed by atoms with Crippen molar-refractivity contribution in [2.75, 3.05) is 11.1 Å². The molecule has 2 aromatic carbocycles. The Kier molecular flexibility index (Phi) is 7.42. The topological polar surface area (TPSA) is 101 Å². The molecule has 0 bridgehead atoms. The van der Waals surface area contributed by atoms with Crippen LogP contribution in [-0.4, -0.2) is 23.5 Å². The molecule has 0 unspecified atom stereocenters. The second kappa shape index (κ2) is 10.4. The molecule has 3 amide bonds. The van der Waals surface area contributed by atoms with Crippen molar-refractivity contribution in [3.05, 3.63) is 88.2 Å². The number of anilines is 1. The van der Waals surface area contributed by atoms with E-state index in [1.165, 1.54) is 23.1 Å². The first-order valence-electron chi connectivity index (χ1n) is 8.94. The first kappa shape index (κ1) is 21.4. The van der Waals surface area contributed by atoms with Gasteiger partial charge < -0.3 is 16.4 Å². The molecule has 8 heteroatoms. The van der Waals surface area contributed by atoms with Crippen LogP contribution in [0.1, 0.15) is 15.9 Å². The molecule has 30 heavy (non-hydrogen) atoms. The van der Waals surface area contributed by atoms with Crippen molar-refractivity contribution in [1.82, 2.24) is 5.32 Å². The molecule has 1 aromatic heterocycles. The highest BCUT2D eigenvalue weighted by Gasteiger charge is 2.15. The van der Waals surface area contributed by atoms with Crippen molar-refractivity contribution in [1.29, 1.82) is 0 Å². The highest BCUT2D eigenvalue weighted by Crippen LogP contribution is 2.20. The number of hydrogen-bond donors (Lipinski definition) is 3. The van der Waals surface area contributed by atoms with E-state index in [9.17, 15) is 14.4 Å². The SMILES string of the molecule is NC(=O)CSc1ccc(NC(=O)/C(=C/c2ccsc2)NC(=O)c2ccccc2)cc1. The highest BCUT2D eigenvalue weighted by atomic mass is 32.2. The van der Waals surface area contributed by atoms with E-state index < -0.39 is 11.8 Å². The van der Waals surface area contributed by atoms with Crippen molar-refractivity contribution in [2.45, 2.75) is 4.90 Å². The molecular weight excluding hydrogens is 418 g/mol. The minimum atomic E-state index is -0.442. The summed E-state index contributed by atoms with van der Waals surface area (Å²) in [6.45, 7) is 0. The van der Waals surface area contributed by atoms with Gasteiger partial charge in [-0.3, -0.25) is 14.4 Å². The van der Waals surface area contributed by atoms with Crippen LogP contribution in [0.4, 0.5) is 5.69 Å². The summed E-state index contributed by atoms with van der Waals surface area (Å²) >= 11 is 2.81. The van der Waals surface area contributed by atoms with Crippen LogP contribution < -0.4 is 16.4 Å². The molecule has 0 fully saturated rings. The number of amides is 3. The van der Waals surface area contributed by atoms with Crippen LogP contribution in [-0.2, 0) is 9.59 Å². The first-order chi connectivity index (χ1) is 14.5. The summed E-state index contributed by atoms with van der Waals surface area (Å²) in [6.07, 6.45) is 1.63. The fraction of sp³-hybridized carbons (Fsp3) is 0.0455. The Morgan fingerprint density at radius 1 is 1.00 bits per heavy atom. The van der Waals surface area contributed by atoms with E-state index in [4.69, 9.17) is 5.73 Å². The van der Waals surface area contributed by atoms with Crippen LogP contribution >= 0.6 is 23.1 Å². The van der Waals surface area contributed by atoms with Crippen molar-refractivity contribution in [2.24, 2.45) is 5.73 Å². The van der Waals surface area contributed by atoms with Gasteiger partial charge in [-0.15, -0.1) is 11.8 Å². The molecule has 0 saturated carbocycles. The van der Waals surface area contributed by atoms with Gasteiger partial charge in [0.1, 0.15) is 5.70 Å². The molecule has 3 rings (SSSR count). The van der Waals surface area contributed by atoms with Crippen molar-refractivity contribution in [3.8, 4) is 0 Å². The van der Waals surface area contributed by atoms with E-state index in [1.54, 1.807) is 54.6 Å². The molecule has 152 valence electrons. The van der Waals surface area contributed by atoms with E-state index in [-0.39, 0.29) is 17.4 Å². The van der Waals surface area contributed by atoms with Crippen LogP contribution in [0.3, 0.4) is 0 Å². The van der Waals surface area contributed by atoms with Crippen molar-refractivity contribution in [3.63, 3.8) is 0 Å². The Labute approximate surface area is 182 Å². The maximum Gasteiger partial charge on any atom is 0.272 e. The molecule has 0 spiro atoms. The number of hydrogen-bond acceptors (Lipinski definition) is 5. The maximum atomic E-state index is 12.8. The van der Waals surface area contributed by atoms with E-state index >= 15 is 0 Å². The number of thiophene rings is 1. The monoisotopic (exact) mass is 437 g/mol. The molecule has 1 heterocycles. The van der Waals surface area contributed by atoms with Gasteiger partial charge in [-0.1, -0.05) is 18.2 Å². The van der Waals surface area contributed by atoms with Crippen LogP contribution in [0, 0.1) is 0 Å². The standard InChI is InChI=1S/C22H19N3O3S2/c23-20(26)14-30-18-8-6-17(7-9-18)24-22(28)19(12-15-10-11-29-13-15)25-21(27)16-4-2-1-3-5-16/h1-13H,14H2,(H2,23,26)(H,24,28)(H,25,27)/b19-12-. The second-order valence-electron chi connectivity index (χ2n) is 6.17. The van der Waals surface area contributed by atoms with E-state index in [0.717, 1.165) is 10.5 Å². The van der Waals surface area contributed by atoms with Crippen LogP contribution in [0.25, 0.3) is 6.08 Å². The lowest BCUT2D eigenvalue weighted by molar-refractivity contribution is -0.115. The Bertz CT molecular complexity index is 1050. The fourth-order valence-electron chi connectivity index (χ4n) is 2.45. The summed E-state index contributed by atoms with van der Waals surface area (Å²) in [4.78, 5) is 37.1. The molecule has 0 atom stereocenters. The van der Waals surface area contributed by atoms with Gasteiger partial charge in [0.05, 0.1) is 5.75 Å². The zero-order valence-corrected chi connectivity index (χ0v) is 17.5. The van der Waals surface area contributed by atoms with Gasteiger partial charge in [-0.2, -0.15) is 11.3 Å². The lowest BCUT2D eigenvalue weighted by Gasteiger charge is -2.11. The molecular formula is C22H19N3O3S2. The Balaban J connectivity index is 1.74. The summed E-state index contributed by atoms with van der Waals surface area (Å²) < 4.78 is 0. The molecule has 0 saturated heterocycles. The minimum Gasteiger partial charge on any atom is -0.369 e. The lowest BCUT2D eigenvalue weighted by atomic mass is 10.2. The number of primary amides is 1. The first-order valence-corrected chi connectivity index (χ1v) is 10.9. The van der Waals surface area contributed by atoms with Gasteiger partial charge in [0.2, 0.25) is 5.91 Å². The maximum absolute atomic E-state index is 12.8. The predicted molar refractivity (Wildman–Crippen MR) is 121 cm³/mol. The van der Waals surface area contributed by atoms with Gasteiger partial charge in [0, 0.05) is 16.1 Å². The minimum absolute atomic E-state index is 0.134. The van der Waals surface area contributed by atoms with Crippen molar-refractivity contribution < 1.29 is 14.4 Å². The fourth-order valence-corrected chi connectivity index (χ4v) is 3.71. The molecule has 6 nitrogen and oxygen atoms in total. The van der Waals surface area contributed by atoms with Gasteiger partial charge in [0.25, 0.3) is 11.8 Å². The van der Waals surface area contributed by atoms with Crippen LogP contribution in [0.5, 0.6) is 0 Å². The number of nitrogens with two attached hydrogens (primary N) is 1. The average Bonchev–Trinajstić information content (AvgIpc) is 3.26.